The Bertz CT molecular complexity index is 1010. The van der Waals surface area contributed by atoms with Gasteiger partial charge in [0.25, 0.3) is 0 Å². The average Bonchev–Trinajstić information content (AvgIpc) is 3.21. The van der Waals surface area contributed by atoms with Crippen molar-refractivity contribution in [2.24, 2.45) is 0 Å². The van der Waals surface area contributed by atoms with E-state index in [-0.39, 0.29) is 17.7 Å². The smallest absolute Gasteiger partial charge is 0.230 e. The fraction of sp³-hybridized carbons (Fsp3) is 0.238. The second-order valence-corrected chi connectivity index (χ2v) is 8.47. The Kier molecular flexibility index (Phi) is 6.10. The molecule has 1 aromatic heterocycles. The molecule has 1 aliphatic rings. The van der Waals surface area contributed by atoms with Gasteiger partial charge in [-0.3, -0.25) is 4.79 Å². The van der Waals surface area contributed by atoms with E-state index < -0.39 is 0 Å². The van der Waals surface area contributed by atoms with E-state index in [1.807, 2.05) is 49.4 Å². The Morgan fingerprint density at radius 1 is 1.21 bits per heavy atom. The number of nitrogens with one attached hydrogen (secondary N) is 2. The van der Waals surface area contributed by atoms with Gasteiger partial charge in [0, 0.05) is 4.47 Å². The summed E-state index contributed by atoms with van der Waals surface area (Å²) in [6, 6.07) is 13.6. The van der Waals surface area contributed by atoms with Gasteiger partial charge in [0.15, 0.2) is 16.7 Å². The summed E-state index contributed by atoms with van der Waals surface area (Å²) in [5, 5.41) is 3.73. The maximum Gasteiger partial charge on any atom is 0.230 e. The molecule has 1 amide bonds. The van der Waals surface area contributed by atoms with E-state index in [9.17, 15) is 4.79 Å². The van der Waals surface area contributed by atoms with E-state index in [1.165, 1.54) is 11.8 Å². The third-order valence-corrected chi connectivity index (χ3v) is 5.91. The number of nitrogens with zero attached hydrogens (tertiary/aromatic N) is 1. The molecule has 0 bridgehead atoms. The van der Waals surface area contributed by atoms with Crippen LogP contribution in [-0.4, -0.2) is 34.8 Å². The van der Waals surface area contributed by atoms with Crippen molar-refractivity contribution < 1.29 is 14.3 Å². The van der Waals surface area contributed by atoms with Gasteiger partial charge in [0.2, 0.25) is 5.91 Å². The standard InChI is InChI=1S/C21H20BrN3O3S/c1-13(15-4-7-18-19(10-15)28-9-8-27-18)24-20(26)12-29-21-23-11-17(25-21)14-2-5-16(22)6-3-14/h2-7,10-11,13H,8-9,12H2,1H3,(H,23,25)(H,24,26)/t13-/m1/s1. The molecule has 8 heteroatoms. The molecule has 1 aliphatic heterocycles. The first-order valence-corrected chi connectivity index (χ1v) is 11.0. The van der Waals surface area contributed by atoms with Crippen LogP contribution in [0.25, 0.3) is 11.3 Å². The first-order valence-electron chi connectivity index (χ1n) is 9.21. The van der Waals surface area contributed by atoms with Gasteiger partial charge in [-0.1, -0.05) is 45.9 Å². The van der Waals surface area contributed by atoms with Crippen molar-refractivity contribution in [3.63, 3.8) is 0 Å². The summed E-state index contributed by atoms with van der Waals surface area (Å²) in [6.45, 7) is 3.05. The van der Waals surface area contributed by atoms with Crippen molar-refractivity contribution >= 4 is 33.6 Å². The van der Waals surface area contributed by atoms with Crippen LogP contribution in [0, 0.1) is 0 Å². The molecular formula is C21H20BrN3O3S. The van der Waals surface area contributed by atoms with Gasteiger partial charge >= 0.3 is 0 Å². The summed E-state index contributed by atoms with van der Waals surface area (Å²) in [6.07, 6.45) is 1.78. The van der Waals surface area contributed by atoms with Crippen LogP contribution in [0.5, 0.6) is 11.5 Å². The number of aromatic amines is 1. The number of benzene rings is 2. The van der Waals surface area contributed by atoms with E-state index in [4.69, 9.17) is 9.47 Å². The lowest BCUT2D eigenvalue weighted by atomic mass is 10.1. The van der Waals surface area contributed by atoms with Crippen LogP contribution in [0.15, 0.2) is 58.3 Å². The Labute approximate surface area is 181 Å². The number of halogens is 1. The zero-order valence-corrected chi connectivity index (χ0v) is 18.2. The molecule has 0 saturated heterocycles. The highest BCUT2D eigenvalue weighted by Gasteiger charge is 2.16. The zero-order valence-electron chi connectivity index (χ0n) is 15.8. The number of ether oxygens (including phenoxy) is 2. The summed E-state index contributed by atoms with van der Waals surface area (Å²) < 4.78 is 12.2. The molecule has 29 heavy (non-hydrogen) atoms. The second kappa shape index (κ2) is 8.92. The lowest BCUT2D eigenvalue weighted by Gasteiger charge is -2.21. The summed E-state index contributed by atoms with van der Waals surface area (Å²) in [7, 11) is 0. The lowest BCUT2D eigenvalue weighted by molar-refractivity contribution is -0.119. The number of hydrogen-bond acceptors (Lipinski definition) is 5. The first kappa shape index (κ1) is 19.8. The third-order valence-electron chi connectivity index (χ3n) is 4.49. The highest BCUT2D eigenvalue weighted by atomic mass is 79.9. The van der Waals surface area contributed by atoms with Crippen LogP contribution in [0.2, 0.25) is 0 Å². The average molecular weight is 474 g/mol. The number of hydrogen-bond donors (Lipinski definition) is 2. The fourth-order valence-electron chi connectivity index (χ4n) is 2.98. The predicted octanol–water partition coefficient (Wildman–Crippen LogP) is 4.58. The van der Waals surface area contributed by atoms with Crippen LogP contribution < -0.4 is 14.8 Å². The number of carbonyl (C=O) groups is 1. The lowest BCUT2D eigenvalue weighted by Crippen LogP contribution is -2.28. The predicted molar refractivity (Wildman–Crippen MR) is 116 cm³/mol. The molecule has 0 aliphatic carbocycles. The van der Waals surface area contributed by atoms with E-state index in [0.717, 1.165) is 32.8 Å². The Morgan fingerprint density at radius 3 is 2.76 bits per heavy atom. The maximum absolute atomic E-state index is 12.4. The maximum atomic E-state index is 12.4. The van der Waals surface area contributed by atoms with Gasteiger partial charge in [-0.15, -0.1) is 0 Å². The molecule has 0 spiro atoms. The van der Waals surface area contributed by atoms with E-state index >= 15 is 0 Å². The number of carbonyl (C=O) groups excluding carboxylic acids is 1. The molecule has 150 valence electrons. The molecule has 0 unspecified atom stereocenters. The summed E-state index contributed by atoms with van der Waals surface area (Å²) in [5.41, 5.74) is 2.94. The molecule has 2 aromatic carbocycles. The molecule has 1 atom stereocenters. The number of aromatic nitrogens is 2. The Morgan fingerprint density at radius 2 is 1.97 bits per heavy atom. The zero-order chi connectivity index (χ0) is 20.2. The fourth-order valence-corrected chi connectivity index (χ4v) is 3.91. The van der Waals surface area contributed by atoms with Crippen LogP contribution in [0.3, 0.4) is 0 Å². The van der Waals surface area contributed by atoms with Gasteiger partial charge in [-0.25, -0.2) is 4.98 Å². The second-order valence-electron chi connectivity index (χ2n) is 6.59. The molecule has 2 heterocycles. The minimum atomic E-state index is -0.131. The first-order chi connectivity index (χ1) is 14.1. The van der Waals surface area contributed by atoms with Gasteiger partial charge in [0.1, 0.15) is 13.2 Å². The highest BCUT2D eigenvalue weighted by Crippen LogP contribution is 2.32. The monoisotopic (exact) mass is 473 g/mol. The molecular weight excluding hydrogens is 454 g/mol. The molecule has 4 rings (SSSR count). The van der Waals surface area contributed by atoms with Crippen molar-refractivity contribution in [1.82, 2.24) is 15.3 Å². The van der Waals surface area contributed by atoms with Crippen molar-refractivity contribution in [2.75, 3.05) is 19.0 Å². The van der Waals surface area contributed by atoms with E-state index in [1.54, 1.807) is 6.20 Å². The molecule has 0 saturated carbocycles. The normalized spacial score (nSPS) is 13.7. The topological polar surface area (TPSA) is 76.2 Å². The van der Waals surface area contributed by atoms with Crippen LogP contribution in [0.1, 0.15) is 18.5 Å². The largest absolute Gasteiger partial charge is 0.486 e. The molecule has 0 fully saturated rings. The van der Waals surface area contributed by atoms with Crippen molar-refractivity contribution in [1.29, 1.82) is 0 Å². The number of thioether (sulfide) groups is 1. The minimum absolute atomic E-state index is 0.0565. The minimum Gasteiger partial charge on any atom is -0.486 e. The molecule has 3 aromatic rings. The Balaban J connectivity index is 1.31. The van der Waals surface area contributed by atoms with Gasteiger partial charge in [-0.2, -0.15) is 0 Å². The van der Waals surface area contributed by atoms with E-state index in [0.29, 0.717) is 18.4 Å². The van der Waals surface area contributed by atoms with Crippen molar-refractivity contribution in [3.05, 3.63) is 58.7 Å². The molecule has 6 nitrogen and oxygen atoms in total. The van der Waals surface area contributed by atoms with Gasteiger partial charge < -0.3 is 19.8 Å². The highest BCUT2D eigenvalue weighted by molar-refractivity contribution is 9.10. The summed E-state index contributed by atoms with van der Waals surface area (Å²) in [5.74, 6) is 1.69. The van der Waals surface area contributed by atoms with E-state index in [2.05, 4.69) is 31.2 Å². The summed E-state index contributed by atoms with van der Waals surface area (Å²) in [4.78, 5) is 20.0. The van der Waals surface area contributed by atoms with Crippen molar-refractivity contribution in [3.8, 4) is 22.8 Å². The van der Waals surface area contributed by atoms with Crippen molar-refractivity contribution in [2.45, 2.75) is 18.1 Å². The van der Waals surface area contributed by atoms with Gasteiger partial charge in [0.05, 0.1) is 23.7 Å². The quantitative estimate of drug-likeness (QED) is 0.512. The van der Waals surface area contributed by atoms with Crippen LogP contribution in [-0.2, 0) is 4.79 Å². The van der Waals surface area contributed by atoms with Gasteiger partial charge in [-0.05, 0) is 42.3 Å². The third kappa shape index (κ3) is 4.94. The number of fused-ring (bicyclic) bond motifs is 1. The van der Waals surface area contributed by atoms with Crippen LogP contribution in [0.4, 0.5) is 0 Å². The molecule has 0 radical (unpaired) electrons. The number of H-pyrrole nitrogens is 1. The number of rotatable bonds is 6. The SMILES string of the molecule is C[C@@H](NC(=O)CSc1ncc(-c2ccc(Br)cc2)[nH]1)c1ccc2c(c1)OCCO2. The number of imidazole rings is 1. The summed E-state index contributed by atoms with van der Waals surface area (Å²) >= 11 is 4.81. The number of amides is 1. The van der Waals surface area contributed by atoms with Crippen LogP contribution >= 0.6 is 27.7 Å². The molecule has 2 N–H and O–H groups in total. The Hall–Kier alpha value is -2.45.